The predicted molar refractivity (Wildman–Crippen MR) is 68.4 cm³/mol. The Hall–Kier alpha value is -1.56. The number of sulfonamides is 1. The Labute approximate surface area is 106 Å². The Kier molecular flexibility index (Phi) is 3.06. The number of nitrogens with zero attached hydrogens (tertiary/aromatic N) is 1. The number of rotatable bonds is 2. The van der Waals surface area contributed by atoms with Crippen LogP contribution in [0, 0.1) is 12.8 Å². The number of carboxylic acids is 1. The highest BCUT2D eigenvalue weighted by atomic mass is 32.2. The molecule has 98 valence electrons. The van der Waals surface area contributed by atoms with Gasteiger partial charge in [0, 0.05) is 6.54 Å². The summed E-state index contributed by atoms with van der Waals surface area (Å²) in [5.41, 5.74) is 1.19. The van der Waals surface area contributed by atoms with Crippen molar-refractivity contribution in [2.45, 2.75) is 13.8 Å². The van der Waals surface area contributed by atoms with Crippen molar-refractivity contribution in [2.75, 3.05) is 16.6 Å². The third kappa shape index (κ3) is 2.20. The minimum absolute atomic E-state index is 0.0598. The molecule has 0 saturated carbocycles. The summed E-state index contributed by atoms with van der Waals surface area (Å²) in [6.45, 7) is 3.96. The van der Waals surface area contributed by atoms with Crippen LogP contribution in [0.1, 0.15) is 22.8 Å². The van der Waals surface area contributed by atoms with Gasteiger partial charge in [-0.05, 0) is 30.5 Å². The van der Waals surface area contributed by atoms with E-state index in [2.05, 4.69) is 0 Å². The number of aromatic carboxylic acids is 1. The molecule has 5 nitrogen and oxygen atoms in total. The Morgan fingerprint density at radius 2 is 2.11 bits per heavy atom. The van der Waals surface area contributed by atoms with Crippen molar-refractivity contribution in [1.29, 1.82) is 0 Å². The van der Waals surface area contributed by atoms with Crippen molar-refractivity contribution in [2.24, 2.45) is 5.92 Å². The summed E-state index contributed by atoms with van der Waals surface area (Å²) in [5, 5.41) is 9.05. The van der Waals surface area contributed by atoms with Crippen LogP contribution in [-0.2, 0) is 10.0 Å². The van der Waals surface area contributed by atoms with Crippen LogP contribution in [0.3, 0.4) is 0 Å². The molecule has 0 aromatic heterocycles. The zero-order valence-corrected chi connectivity index (χ0v) is 11.1. The molecule has 1 aliphatic rings. The second-order valence-electron chi connectivity index (χ2n) is 4.72. The normalized spacial score (nSPS) is 22.1. The third-order valence-corrected chi connectivity index (χ3v) is 5.07. The molecule has 1 atom stereocenters. The molecule has 1 heterocycles. The molecule has 1 aromatic rings. The Morgan fingerprint density at radius 3 is 2.61 bits per heavy atom. The van der Waals surface area contributed by atoms with Crippen LogP contribution in [0.5, 0.6) is 0 Å². The van der Waals surface area contributed by atoms with Crippen LogP contribution in [-0.4, -0.2) is 31.8 Å². The van der Waals surface area contributed by atoms with Crippen LogP contribution in [0.15, 0.2) is 18.2 Å². The zero-order chi connectivity index (χ0) is 13.5. The fourth-order valence-electron chi connectivity index (χ4n) is 2.16. The van der Waals surface area contributed by atoms with Crippen molar-refractivity contribution in [3.8, 4) is 0 Å². The van der Waals surface area contributed by atoms with Crippen LogP contribution >= 0.6 is 0 Å². The lowest BCUT2D eigenvalue weighted by molar-refractivity contribution is 0.0696. The average molecular weight is 269 g/mol. The minimum atomic E-state index is -3.30. The number of anilines is 1. The highest BCUT2D eigenvalue weighted by molar-refractivity contribution is 7.93. The second kappa shape index (κ2) is 4.28. The lowest BCUT2D eigenvalue weighted by Gasteiger charge is -2.18. The van der Waals surface area contributed by atoms with E-state index in [1.165, 1.54) is 10.4 Å². The van der Waals surface area contributed by atoms with Crippen LogP contribution in [0.25, 0.3) is 0 Å². The zero-order valence-electron chi connectivity index (χ0n) is 10.3. The van der Waals surface area contributed by atoms with Gasteiger partial charge in [0.2, 0.25) is 10.0 Å². The highest BCUT2D eigenvalue weighted by Crippen LogP contribution is 2.28. The van der Waals surface area contributed by atoms with Gasteiger partial charge in [-0.3, -0.25) is 4.31 Å². The first kappa shape index (κ1) is 12.9. The molecule has 0 amide bonds. The average Bonchev–Trinajstić information content (AvgIpc) is 2.52. The quantitative estimate of drug-likeness (QED) is 0.882. The summed E-state index contributed by atoms with van der Waals surface area (Å²) in [6, 6.07) is 4.71. The van der Waals surface area contributed by atoms with Gasteiger partial charge in [-0.1, -0.05) is 13.0 Å². The maximum atomic E-state index is 11.9. The van der Waals surface area contributed by atoms with E-state index in [0.29, 0.717) is 17.8 Å². The number of hydrogen-bond acceptors (Lipinski definition) is 3. The van der Waals surface area contributed by atoms with Gasteiger partial charge in [0.05, 0.1) is 17.0 Å². The molecule has 1 N–H and O–H groups in total. The summed E-state index contributed by atoms with van der Waals surface area (Å²) in [7, 11) is -3.30. The molecule has 6 heteroatoms. The van der Waals surface area contributed by atoms with Crippen LogP contribution in [0.4, 0.5) is 5.69 Å². The van der Waals surface area contributed by atoms with E-state index in [1.54, 1.807) is 19.1 Å². The maximum Gasteiger partial charge on any atom is 0.336 e. The van der Waals surface area contributed by atoms with E-state index in [1.807, 2.05) is 6.92 Å². The maximum absolute atomic E-state index is 11.9. The molecular formula is C12H15NO4S. The SMILES string of the molecule is Cc1ccc(N2CC(C)CS2(=O)=O)cc1C(=O)O. The van der Waals surface area contributed by atoms with Crippen LogP contribution < -0.4 is 4.31 Å². The minimum Gasteiger partial charge on any atom is -0.478 e. The van der Waals surface area contributed by atoms with E-state index in [-0.39, 0.29) is 17.2 Å². The predicted octanol–water partition coefficient (Wildman–Crippen LogP) is 1.48. The van der Waals surface area contributed by atoms with Gasteiger partial charge in [0.1, 0.15) is 0 Å². The molecule has 1 fully saturated rings. The summed E-state index contributed by atoms with van der Waals surface area (Å²) in [6.07, 6.45) is 0. The van der Waals surface area contributed by atoms with Crippen molar-refractivity contribution in [3.05, 3.63) is 29.3 Å². The molecule has 0 spiro atoms. The van der Waals surface area contributed by atoms with Crippen molar-refractivity contribution < 1.29 is 18.3 Å². The fourth-order valence-corrected chi connectivity index (χ4v) is 4.08. The molecule has 0 aliphatic carbocycles. The summed E-state index contributed by atoms with van der Waals surface area (Å²) in [4.78, 5) is 11.0. The molecule has 1 aliphatic heterocycles. The van der Waals surface area contributed by atoms with Gasteiger partial charge >= 0.3 is 5.97 Å². The van der Waals surface area contributed by atoms with E-state index >= 15 is 0 Å². The number of aryl methyl sites for hydroxylation is 1. The van der Waals surface area contributed by atoms with Crippen molar-refractivity contribution in [3.63, 3.8) is 0 Å². The molecule has 1 saturated heterocycles. The van der Waals surface area contributed by atoms with E-state index in [9.17, 15) is 13.2 Å². The van der Waals surface area contributed by atoms with Gasteiger partial charge in [-0.15, -0.1) is 0 Å². The topological polar surface area (TPSA) is 74.7 Å². The van der Waals surface area contributed by atoms with E-state index < -0.39 is 16.0 Å². The van der Waals surface area contributed by atoms with Crippen LogP contribution in [0.2, 0.25) is 0 Å². The summed E-state index contributed by atoms with van der Waals surface area (Å²) in [5.74, 6) is -0.868. The number of carboxylic acid groups (broad SMARTS) is 1. The number of hydrogen-bond donors (Lipinski definition) is 1. The largest absolute Gasteiger partial charge is 0.478 e. The van der Waals surface area contributed by atoms with Gasteiger partial charge < -0.3 is 5.11 Å². The summed E-state index contributed by atoms with van der Waals surface area (Å²) < 4.78 is 25.1. The molecular weight excluding hydrogens is 254 g/mol. The van der Waals surface area contributed by atoms with Gasteiger partial charge in [-0.25, -0.2) is 13.2 Å². The Balaban J connectivity index is 2.47. The Bertz CT molecular complexity index is 594. The molecule has 0 bridgehead atoms. The first-order chi connectivity index (χ1) is 8.31. The Morgan fingerprint density at radius 1 is 1.44 bits per heavy atom. The third-order valence-electron chi connectivity index (χ3n) is 3.05. The molecule has 2 rings (SSSR count). The lowest BCUT2D eigenvalue weighted by Crippen LogP contribution is -2.25. The fraction of sp³-hybridized carbons (Fsp3) is 0.417. The molecule has 0 radical (unpaired) electrons. The number of benzene rings is 1. The summed E-state index contributed by atoms with van der Waals surface area (Å²) >= 11 is 0. The first-order valence-electron chi connectivity index (χ1n) is 5.65. The van der Waals surface area contributed by atoms with Crippen molar-refractivity contribution in [1.82, 2.24) is 0 Å². The number of carbonyl (C=O) groups is 1. The molecule has 1 unspecified atom stereocenters. The second-order valence-corrected chi connectivity index (χ2v) is 6.66. The standard InChI is InChI=1S/C12H15NO4S/c1-8-6-13(18(16,17)7-8)10-4-3-9(2)11(5-10)12(14)15/h3-5,8H,6-7H2,1-2H3,(H,14,15). The molecule has 1 aromatic carbocycles. The monoisotopic (exact) mass is 269 g/mol. The van der Waals surface area contributed by atoms with Gasteiger partial charge in [-0.2, -0.15) is 0 Å². The van der Waals surface area contributed by atoms with E-state index in [4.69, 9.17) is 5.11 Å². The smallest absolute Gasteiger partial charge is 0.336 e. The van der Waals surface area contributed by atoms with Gasteiger partial charge in [0.15, 0.2) is 0 Å². The van der Waals surface area contributed by atoms with Gasteiger partial charge in [0.25, 0.3) is 0 Å². The lowest BCUT2D eigenvalue weighted by atomic mass is 10.1. The molecule has 18 heavy (non-hydrogen) atoms. The first-order valence-corrected chi connectivity index (χ1v) is 7.26. The highest BCUT2D eigenvalue weighted by Gasteiger charge is 2.34. The van der Waals surface area contributed by atoms with E-state index in [0.717, 1.165) is 0 Å². The van der Waals surface area contributed by atoms with Crippen molar-refractivity contribution >= 4 is 21.7 Å².